The molecule has 0 radical (unpaired) electrons. The molecule has 0 spiro atoms. The highest BCUT2D eigenvalue weighted by atomic mass is 19.4. The zero-order valence-electron chi connectivity index (χ0n) is 17.1. The average Bonchev–Trinajstić information content (AvgIpc) is 3.14. The zero-order valence-corrected chi connectivity index (χ0v) is 17.1. The molecule has 1 fully saturated rings. The number of hydrogen-bond acceptors (Lipinski definition) is 5. The van der Waals surface area contributed by atoms with Gasteiger partial charge in [-0.3, -0.25) is 9.88 Å². The number of piperidine rings is 1. The second-order valence-electron chi connectivity index (χ2n) is 7.91. The van der Waals surface area contributed by atoms with Crippen molar-refractivity contribution in [3.8, 4) is 11.5 Å². The van der Waals surface area contributed by atoms with Crippen LogP contribution >= 0.6 is 0 Å². The van der Waals surface area contributed by atoms with E-state index >= 15 is 0 Å². The van der Waals surface area contributed by atoms with Crippen molar-refractivity contribution in [1.82, 2.24) is 14.9 Å². The largest absolute Gasteiger partial charge is 0.441 e. The number of oxazole rings is 1. The molecule has 3 aromatic rings. The number of alkyl halides is 3. The molecule has 0 bridgehead atoms. The fourth-order valence-corrected chi connectivity index (χ4v) is 3.93. The summed E-state index contributed by atoms with van der Waals surface area (Å²) in [4.78, 5) is 11.0. The summed E-state index contributed by atoms with van der Waals surface area (Å²) in [6, 6.07) is 10.4. The molecule has 1 saturated heterocycles. The quantitative estimate of drug-likeness (QED) is 0.615. The summed E-state index contributed by atoms with van der Waals surface area (Å²) in [7, 11) is 0. The van der Waals surface area contributed by atoms with Crippen molar-refractivity contribution in [3.63, 3.8) is 0 Å². The summed E-state index contributed by atoms with van der Waals surface area (Å²) in [6.45, 7) is 4.04. The van der Waals surface area contributed by atoms with Crippen molar-refractivity contribution in [3.05, 3.63) is 71.4 Å². The van der Waals surface area contributed by atoms with E-state index in [1.807, 2.05) is 25.1 Å². The van der Waals surface area contributed by atoms with Crippen LogP contribution in [0.2, 0.25) is 0 Å². The third-order valence-corrected chi connectivity index (χ3v) is 5.79. The number of aromatic nitrogens is 2. The van der Waals surface area contributed by atoms with Crippen LogP contribution in [-0.4, -0.2) is 33.1 Å². The lowest BCUT2D eigenvalue weighted by Crippen LogP contribution is -2.35. The molecule has 1 aromatic carbocycles. The molecule has 0 saturated carbocycles. The van der Waals surface area contributed by atoms with Gasteiger partial charge in [0.25, 0.3) is 0 Å². The molecule has 3 heterocycles. The van der Waals surface area contributed by atoms with Crippen molar-refractivity contribution in [2.24, 2.45) is 5.92 Å². The van der Waals surface area contributed by atoms with Gasteiger partial charge in [0.1, 0.15) is 5.76 Å². The fraction of sp³-hybridized carbons (Fsp3) is 0.391. The summed E-state index contributed by atoms with van der Waals surface area (Å²) in [5.41, 5.74) is 1.29. The minimum Gasteiger partial charge on any atom is -0.441 e. The van der Waals surface area contributed by atoms with Crippen LogP contribution in [-0.2, 0) is 12.7 Å². The van der Waals surface area contributed by atoms with E-state index in [0.29, 0.717) is 29.5 Å². The predicted octanol–water partition coefficient (Wildman–Crippen LogP) is 5.01. The minimum atomic E-state index is -4.37. The van der Waals surface area contributed by atoms with Gasteiger partial charge in [0, 0.05) is 18.3 Å². The zero-order chi connectivity index (χ0) is 22.0. The first-order valence-corrected chi connectivity index (χ1v) is 10.3. The van der Waals surface area contributed by atoms with Gasteiger partial charge in [0.15, 0.2) is 0 Å². The number of aliphatic hydroxyl groups excluding tert-OH is 1. The Morgan fingerprint density at radius 1 is 1.13 bits per heavy atom. The number of likely N-dealkylation sites (tertiary alicyclic amines) is 1. The van der Waals surface area contributed by atoms with Crippen LogP contribution in [0.15, 0.2) is 53.1 Å². The lowest BCUT2D eigenvalue weighted by Gasteiger charge is -2.33. The lowest BCUT2D eigenvalue weighted by atomic mass is 9.89. The molecule has 1 aliphatic rings. The summed E-state index contributed by atoms with van der Waals surface area (Å²) >= 11 is 0. The first-order chi connectivity index (χ1) is 14.8. The average molecular weight is 431 g/mol. The number of halogens is 3. The number of nitrogens with zero attached hydrogens (tertiary/aromatic N) is 3. The maximum atomic E-state index is 12.8. The van der Waals surface area contributed by atoms with Gasteiger partial charge < -0.3 is 9.52 Å². The molecule has 8 heteroatoms. The van der Waals surface area contributed by atoms with Crippen LogP contribution in [0, 0.1) is 12.8 Å². The smallest absolute Gasteiger partial charge is 0.416 e. The summed E-state index contributed by atoms with van der Waals surface area (Å²) in [5.74, 6) is 1.14. The van der Waals surface area contributed by atoms with E-state index in [1.165, 1.54) is 12.1 Å². The molecule has 4 rings (SSSR count). The van der Waals surface area contributed by atoms with Crippen LogP contribution in [0.4, 0.5) is 13.2 Å². The van der Waals surface area contributed by atoms with Gasteiger partial charge in [-0.15, -0.1) is 0 Å². The molecular formula is C23H24F3N3O2. The second kappa shape index (κ2) is 8.80. The number of aliphatic hydroxyl groups is 1. The molecule has 164 valence electrons. The van der Waals surface area contributed by atoms with Crippen LogP contribution in [0.25, 0.3) is 11.5 Å². The van der Waals surface area contributed by atoms with Crippen molar-refractivity contribution >= 4 is 0 Å². The molecule has 1 atom stereocenters. The number of benzene rings is 1. The molecule has 1 N–H and O–H groups in total. The molecule has 1 aliphatic heterocycles. The van der Waals surface area contributed by atoms with Crippen LogP contribution < -0.4 is 0 Å². The highest BCUT2D eigenvalue weighted by molar-refractivity contribution is 5.54. The maximum Gasteiger partial charge on any atom is 0.416 e. The van der Waals surface area contributed by atoms with E-state index in [9.17, 15) is 18.3 Å². The summed E-state index contributed by atoms with van der Waals surface area (Å²) in [5, 5.41) is 10.6. The Kier molecular flexibility index (Phi) is 6.11. The molecular weight excluding hydrogens is 407 g/mol. The Morgan fingerprint density at radius 3 is 2.45 bits per heavy atom. The number of hydrogen-bond donors (Lipinski definition) is 1. The second-order valence-corrected chi connectivity index (χ2v) is 7.91. The van der Waals surface area contributed by atoms with E-state index in [0.717, 1.165) is 43.8 Å². The van der Waals surface area contributed by atoms with Gasteiger partial charge in [0.2, 0.25) is 5.89 Å². The highest BCUT2D eigenvalue weighted by Gasteiger charge is 2.30. The van der Waals surface area contributed by atoms with E-state index in [1.54, 1.807) is 6.20 Å². The Bertz CT molecular complexity index is 995. The normalized spacial score (nSPS) is 17.1. The van der Waals surface area contributed by atoms with Gasteiger partial charge in [-0.05, 0) is 75.2 Å². The monoisotopic (exact) mass is 431 g/mol. The molecule has 31 heavy (non-hydrogen) atoms. The van der Waals surface area contributed by atoms with Gasteiger partial charge in [0.05, 0.1) is 23.1 Å². The fourth-order valence-electron chi connectivity index (χ4n) is 3.93. The third kappa shape index (κ3) is 4.97. The first kappa shape index (κ1) is 21.5. The molecule has 0 unspecified atom stereocenters. The Labute approximate surface area is 178 Å². The van der Waals surface area contributed by atoms with Crippen LogP contribution in [0.3, 0.4) is 0 Å². The van der Waals surface area contributed by atoms with E-state index < -0.39 is 17.8 Å². The molecule has 2 aromatic heterocycles. The standard InChI is InChI=1S/C23H24F3N3O2/c1-15-20(28-22(31-15)17-5-7-18(8-6-17)23(24,25)26)14-29-12-9-16(10-13-29)21(30)19-4-2-3-11-27-19/h2-8,11,16,21,30H,9-10,12-14H2,1H3/t21-/m0/s1. The Hall–Kier alpha value is -2.71. The van der Waals surface area contributed by atoms with Crippen LogP contribution in [0.5, 0.6) is 0 Å². The van der Waals surface area contributed by atoms with Crippen molar-refractivity contribution < 1.29 is 22.7 Å². The van der Waals surface area contributed by atoms with Crippen LogP contribution in [0.1, 0.15) is 41.7 Å². The maximum absolute atomic E-state index is 12.8. The highest BCUT2D eigenvalue weighted by Crippen LogP contribution is 2.32. The first-order valence-electron chi connectivity index (χ1n) is 10.3. The van der Waals surface area contributed by atoms with Gasteiger partial charge >= 0.3 is 6.18 Å². The van der Waals surface area contributed by atoms with E-state index in [-0.39, 0.29) is 5.92 Å². The van der Waals surface area contributed by atoms with Gasteiger partial charge in [-0.25, -0.2) is 4.98 Å². The van der Waals surface area contributed by atoms with Gasteiger partial charge in [-0.2, -0.15) is 13.2 Å². The third-order valence-electron chi connectivity index (χ3n) is 5.79. The summed E-state index contributed by atoms with van der Waals surface area (Å²) in [6.07, 6.45) is -1.55. The Morgan fingerprint density at radius 2 is 1.84 bits per heavy atom. The van der Waals surface area contributed by atoms with Gasteiger partial charge in [-0.1, -0.05) is 6.07 Å². The molecule has 5 nitrogen and oxygen atoms in total. The van der Waals surface area contributed by atoms with Crippen molar-refractivity contribution in [1.29, 1.82) is 0 Å². The summed E-state index contributed by atoms with van der Waals surface area (Å²) < 4.78 is 44.0. The molecule has 0 amide bonds. The number of aryl methyl sites for hydroxylation is 1. The Balaban J connectivity index is 1.37. The number of pyridine rings is 1. The van der Waals surface area contributed by atoms with Crippen molar-refractivity contribution in [2.75, 3.05) is 13.1 Å². The lowest BCUT2D eigenvalue weighted by molar-refractivity contribution is -0.137. The predicted molar refractivity (Wildman–Crippen MR) is 109 cm³/mol. The van der Waals surface area contributed by atoms with Crippen molar-refractivity contribution in [2.45, 2.75) is 38.6 Å². The molecule has 0 aliphatic carbocycles. The number of rotatable bonds is 5. The van der Waals surface area contributed by atoms with E-state index in [4.69, 9.17) is 4.42 Å². The van der Waals surface area contributed by atoms with E-state index in [2.05, 4.69) is 14.9 Å². The minimum absolute atomic E-state index is 0.160. The topological polar surface area (TPSA) is 62.4 Å². The SMILES string of the molecule is Cc1oc(-c2ccc(C(F)(F)F)cc2)nc1CN1CCC([C@H](O)c2ccccn2)CC1.